The maximum atomic E-state index is 11.8. The molecule has 0 saturated heterocycles. The van der Waals surface area contributed by atoms with Gasteiger partial charge in [0, 0.05) is 18.7 Å². The van der Waals surface area contributed by atoms with E-state index in [2.05, 4.69) is 15.8 Å². The lowest BCUT2D eigenvalue weighted by Gasteiger charge is -2.09. The van der Waals surface area contributed by atoms with Crippen molar-refractivity contribution in [2.45, 2.75) is 13.0 Å². The van der Waals surface area contributed by atoms with Crippen molar-refractivity contribution in [3.05, 3.63) is 29.3 Å². The number of likely N-dealkylation sites (N-methyl/N-ethyl adjacent to an activating group) is 1. The summed E-state index contributed by atoms with van der Waals surface area (Å²) in [6.45, 7) is 2.54. The highest BCUT2D eigenvalue weighted by molar-refractivity contribution is 7.13. The molecule has 0 spiro atoms. The van der Waals surface area contributed by atoms with E-state index in [9.17, 15) is 4.79 Å². The molecule has 2 N–H and O–H groups in total. The summed E-state index contributed by atoms with van der Waals surface area (Å²) in [5.41, 5.74) is 0.307. The molecule has 5 nitrogen and oxygen atoms in total. The van der Waals surface area contributed by atoms with E-state index >= 15 is 0 Å². The number of hydrogen-bond acceptors (Lipinski definition) is 5. The smallest absolute Gasteiger partial charge is 0.273 e. The Morgan fingerprint density at radius 2 is 2.37 bits per heavy atom. The van der Waals surface area contributed by atoms with Crippen LogP contribution in [0.25, 0.3) is 10.6 Å². The summed E-state index contributed by atoms with van der Waals surface area (Å²) < 4.78 is 5.15. The van der Waals surface area contributed by atoms with Crippen LogP contribution in [0.4, 0.5) is 0 Å². The Morgan fingerprint density at radius 3 is 3.00 bits per heavy atom. The van der Waals surface area contributed by atoms with Gasteiger partial charge in [-0.1, -0.05) is 11.2 Å². The van der Waals surface area contributed by atoms with Gasteiger partial charge in [0.15, 0.2) is 11.5 Å². The van der Waals surface area contributed by atoms with Crippen LogP contribution in [0.1, 0.15) is 17.4 Å². The molecule has 1 unspecified atom stereocenters. The van der Waals surface area contributed by atoms with Crippen molar-refractivity contribution < 1.29 is 9.32 Å². The molecule has 0 radical (unpaired) electrons. The number of amides is 1. The first-order valence-corrected chi connectivity index (χ1v) is 6.54. The normalized spacial score (nSPS) is 11.7. The molecule has 0 fully saturated rings. The highest BCUT2D eigenvalue weighted by Crippen LogP contribution is 2.24. The van der Waals surface area contributed by atoms with Crippen LogP contribution in [0.15, 0.2) is 28.1 Å². The predicted molar refractivity (Wildman–Crippen MR) is 77.9 cm³/mol. The molecule has 0 aromatic carbocycles. The molecule has 7 heteroatoms. The number of hydrogen-bond donors (Lipinski definition) is 2. The first-order valence-electron chi connectivity index (χ1n) is 5.66. The van der Waals surface area contributed by atoms with Crippen molar-refractivity contribution in [3.8, 4) is 10.6 Å². The number of aromatic nitrogens is 1. The largest absolute Gasteiger partial charge is 0.355 e. The van der Waals surface area contributed by atoms with E-state index in [0.29, 0.717) is 18.0 Å². The van der Waals surface area contributed by atoms with Crippen molar-refractivity contribution in [2.75, 3.05) is 13.6 Å². The fourth-order valence-corrected chi connectivity index (χ4v) is 2.03. The van der Waals surface area contributed by atoms with Gasteiger partial charge < -0.3 is 15.2 Å². The van der Waals surface area contributed by atoms with Gasteiger partial charge in [-0.05, 0) is 25.4 Å². The number of rotatable bonds is 5. The Balaban J connectivity index is 0.00000180. The third-order valence-electron chi connectivity index (χ3n) is 2.57. The van der Waals surface area contributed by atoms with E-state index in [-0.39, 0.29) is 24.4 Å². The second-order valence-corrected chi connectivity index (χ2v) is 4.90. The lowest BCUT2D eigenvalue weighted by atomic mass is 10.3. The molecule has 104 valence electrons. The quantitative estimate of drug-likeness (QED) is 0.888. The second kappa shape index (κ2) is 7.28. The lowest BCUT2D eigenvalue weighted by molar-refractivity contribution is 0.0941. The van der Waals surface area contributed by atoms with Gasteiger partial charge in [-0.15, -0.1) is 23.7 Å². The minimum Gasteiger partial charge on any atom is -0.355 e. The standard InChI is InChI=1S/C12H15N3O2S.ClH/c1-8(13-2)7-14-12(16)9-6-10(17-15-9)11-4-3-5-18-11;/h3-6,8,13H,7H2,1-2H3,(H,14,16);1H. The Morgan fingerprint density at radius 1 is 1.58 bits per heavy atom. The molecule has 2 rings (SSSR count). The molecule has 1 amide bonds. The minimum absolute atomic E-state index is 0. The fraction of sp³-hybridized carbons (Fsp3) is 0.333. The minimum atomic E-state index is -0.219. The molecule has 2 heterocycles. The average Bonchev–Trinajstić information content (AvgIpc) is 3.04. The van der Waals surface area contributed by atoms with Crippen LogP contribution in [-0.2, 0) is 0 Å². The van der Waals surface area contributed by atoms with Crippen LogP contribution < -0.4 is 10.6 Å². The van der Waals surface area contributed by atoms with E-state index in [0.717, 1.165) is 4.88 Å². The molecule has 19 heavy (non-hydrogen) atoms. The topological polar surface area (TPSA) is 67.2 Å². The number of nitrogens with one attached hydrogen (secondary N) is 2. The summed E-state index contributed by atoms with van der Waals surface area (Å²) in [7, 11) is 1.85. The molecular formula is C12H16ClN3O2S. The van der Waals surface area contributed by atoms with Crippen LogP contribution in [0, 0.1) is 0 Å². The van der Waals surface area contributed by atoms with E-state index in [1.807, 2.05) is 31.5 Å². The molecule has 2 aromatic heterocycles. The van der Waals surface area contributed by atoms with Gasteiger partial charge in [-0.25, -0.2) is 0 Å². The summed E-state index contributed by atoms with van der Waals surface area (Å²) in [6.07, 6.45) is 0. The molecular weight excluding hydrogens is 286 g/mol. The number of carbonyl (C=O) groups excluding carboxylic acids is 1. The van der Waals surface area contributed by atoms with Crippen molar-refractivity contribution in [3.63, 3.8) is 0 Å². The number of halogens is 1. The van der Waals surface area contributed by atoms with Crippen LogP contribution in [0.3, 0.4) is 0 Å². The summed E-state index contributed by atoms with van der Waals surface area (Å²) in [6, 6.07) is 5.73. The monoisotopic (exact) mass is 301 g/mol. The van der Waals surface area contributed by atoms with Crippen molar-refractivity contribution >= 4 is 29.7 Å². The van der Waals surface area contributed by atoms with Gasteiger partial charge in [0.2, 0.25) is 0 Å². The Hall–Kier alpha value is -1.37. The highest BCUT2D eigenvalue weighted by Gasteiger charge is 2.14. The zero-order chi connectivity index (χ0) is 13.0. The maximum Gasteiger partial charge on any atom is 0.273 e. The number of carbonyl (C=O) groups is 1. The maximum absolute atomic E-state index is 11.8. The third-order valence-corrected chi connectivity index (χ3v) is 3.45. The van der Waals surface area contributed by atoms with Gasteiger partial charge in [0.1, 0.15) is 0 Å². The molecule has 0 bridgehead atoms. The zero-order valence-corrected chi connectivity index (χ0v) is 12.3. The first kappa shape index (κ1) is 15.7. The first-order chi connectivity index (χ1) is 8.70. The van der Waals surface area contributed by atoms with Crippen molar-refractivity contribution in [1.82, 2.24) is 15.8 Å². The van der Waals surface area contributed by atoms with Crippen LogP contribution in [0.5, 0.6) is 0 Å². The summed E-state index contributed by atoms with van der Waals surface area (Å²) in [5, 5.41) is 11.6. The third kappa shape index (κ3) is 4.05. The summed E-state index contributed by atoms with van der Waals surface area (Å²) >= 11 is 1.55. The van der Waals surface area contributed by atoms with Crippen molar-refractivity contribution in [1.29, 1.82) is 0 Å². The van der Waals surface area contributed by atoms with E-state index < -0.39 is 0 Å². The van der Waals surface area contributed by atoms with Crippen molar-refractivity contribution in [2.24, 2.45) is 0 Å². The van der Waals surface area contributed by atoms with Gasteiger partial charge in [-0.3, -0.25) is 4.79 Å². The summed E-state index contributed by atoms with van der Waals surface area (Å²) in [5.74, 6) is 0.403. The van der Waals surface area contributed by atoms with E-state index in [1.54, 1.807) is 17.4 Å². The SMILES string of the molecule is CNC(C)CNC(=O)c1cc(-c2cccs2)on1.Cl. The van der Waals surface area contributed by atoms with Gasteiger partial charge in [0.25, 0.3) is 5.91 Å². The van der Waals surface area contributed by atoms with Gasteiger partial charge >= 0.3 is 0 Å². The molecule has 0 aliphatic rings. The fourth-order valence-electron chi connectivity index (χ4n) is 1.36. The molecule has 0 aliphatic heterocycles. The molecule has 0 aliphatic carbocycles. The predicted octanol–water partition coefficient (Wildman–Crippen LogP) is 2.16. The van der Waals surface area contributed by atoms with E-state index in [1.165, 1.54) is 0 Å². The van der Waals surface area contributed by atoms with Crippen LogP contribution >= 0.6 is 23.7 Å². The lowest BCUT2D eigenvalue weighted by Crippen LogP contribution is -2.37. The van der Waals surface area contributed by atoms with Crippen LogP contribution in [0.2, 0.25) is 0 Å². The zero-order valence-electron chi connectivity index (χ0n) is 10.7. The Kier molecular flexibility index (Phi) is 6.01. The van der Waals surface area contributed by atoms with E-state index in [4.69, 9.17) is 4.52 Å². The number of nitrogens with zero attached hydrogens (tertiary/aromatic N) is 1. The highest BCUT2D eigenvalue weighted by atomic mass is 35.5. The molecule has 1 atom stereocenters. The second-order valence-electron chi connectivity index (χ2n) is 3.95. The molecule has 0 saturated carbocycles. The average molecular weight is 302 g/mol. The Labute approximate surface area is 121 Å². The summed E-state index contributed by atoms with van der Waals surface area (Å²) in [4.78, 5) is 12.8. The van der Waals surface area contributed by atoms with Gasteiger partial charge in [0.05, 0.1) is 4.88 Å². The number of thiophene rings is 1. The van der Waals surface area contributed by atoms with Gasteiger partial charge in [-0.2, -0.15) is 0 Å². The Bertz CT molecular complexity index is 513. The van der Waals surface area contributed by atoms with Crippen LogP contribution in [-0.4, -0.2) is 30.7 Å². The molecule has 2 aromatic rings.